The lowest BCUT2D eigenvalue weighted by atomic mass is 10.1. The van der Waals surface area contributed by atoms with Gasteiger partial charge in [0.1, 0.15) is 0 Å². The van der Waals surface area contributed by atoms with Gasteiger partial charge in [-0.05, 0) is 48.0 Å². The largest absolute Gasteiger partial charge is 0.362 e. The van der Waals surface area contributed by atoms with Crippen LogP contribution in [0.4, 0.5) is 0 Å². The zero-order valence-electron chi connectivity index (χ0n) is 14.5. The number of hydrogen-bond acceptors (Lipinski definition) is 3. The van der Waals surface area contributed by atoms with Crippen molar-refractivity contribution in [2.45, 2.75) is 13.8 Å². The predicted molar refractivity (Wildman–Crippen MR) is 101 cm³/mol. The van der Waals surface area contributed by atoms with Crippen LogP contribution in [0.25, 0.3) is 0 Å². The second-order valence-electron chi connectivity index (χ2n) is 6.46. The first kappa shape index (κ1) is 17.9. The van der Waals surface area contributed by atoms with Crippen molar-refractivity contribution < 1.29 is 9.59 Å². The minimum Gasteiger partial charge on any atom is -0.362 e. The van der Waals surface area contributed by atoms with Crippen molar-refractivity contribution in [2.24, 2.45) is 0 Å². The standard InChI is InChI=1S/C19H22BrN3O2/c1-13-11-16(14(2)21-13)18(24)12-22-7-9-23(10-8-22)19(25)15-5-3-4-6-17(15)20/h3-6,11,21H,7-10,12H2,1-2H3. The van der Waals surface area contributed by atoms with Crippen LogP contribution in [0.5, 0.6) is 0 Å². The highest BCUT2D eigenvalue weighted by Gasteiger charge is 2.25. The van der Waals surface area contributed by atoms with Crippen LogP contribution >= 0.6 is 15.9 Å². The number of nitrogens with zero attached hydrogens (tertiary/aromatic N) is 2. The highest BCUT2D eigenvalue weighted by molar-refractivity contribution is 9.10. The Balaban J connectivity index is 1.57. The van der Waals surface area contributed by atoms with Crippen molar-refractivity contribution in [1.82, 2.24) is 14.8 Å². The number of nitrogens with one attached hydrogen (secondary N) is 1. The SMILES string of the molecule is Cc1cc(C(=O)CN2CCN(C(=O)c3ccccc3Br)CC2)c(C)[nH]1. The van der Waals surface area contributed by atoms with Crippen LogP contribution in [0, 0.1) is 13.8 Å². The van der Waals surface area contributed by atoms with E-state index >= 15 is 0 Å². The molecule has 1 saturated heterocycles. The number of piperazine rings is 1. The van der Waals surface area contributed by atoms with E-state index in [1.807, 2.05) is 49.1 Å². The van der Waals surface area contributed by atoms with Crippen molar-refractivity contribution in [3.63, 3.8) is 0 Å². The third kappa shape index (κ3) is 4.02. The Labute approximate surface area is 156 Å². The van der Waals surface area contributed by atoms with E-state index in [-0.39, 0.29) is 11.7 Å². The molecule has 3 rings (SSSR count). The van der Waals surface area contributed by atoms with E-state index in [1.54, 1.807) is 0 Å². The Morgan fingerprint density at radius 2 is 1.76 bits per heavy atom. The number of benzene rings is 1. The van der Waals surface area contributed by atoms with Crippen LogP contribution in [-0.2, 0) is 0 Å². The molecule has 25 heavy (non-hydrogen) atoms. The van der Waals surface area contributed by atoms with Crippen molar-refractivity contribution in [3.05, 3.63) is 57.3 Å². The number of hydrogen-bond donors (Lipinski definition) is 1. The fourth-order valence-electron chi connectivity index (χ4n) is 3.22. The number of Topliss-reactive ketones (excluding diaryl/α,β-unsaturated/α-hetero) is 1. The average Bonchev–Trinajstić information content (AvgIpc) is 2.94. The second kappa shape index (κ2) is 7.54. The summed E-state index contributed by atoms with van der Waals surface area (Å²) in [6.45, 7) is 6.98. The van der Waals surface area contributed by atoms with E-state index in [4.69, 9.17) is 0 Å². The zero-order chi connectivity index (χ0) is 18.0. The molecule has 1 aromatic heterocycles. The highest BCUT2D eigenvalue weighted by Crippen LogP contribution is 2.19. The van der Waals surface area contributed by atoms with Crippen LogP contribution in [0.1, 0.15) is 32.1 Å². The summed E-state index contributed by atoms with van der Waals surface area (Å²) >= 11 is 3.44. The van der Waals surface area contributed by atoms with Gasteiger partial charge in [0.2, 0.25) is 0 Å². The van der Waals surface area contributed by atoms with Crippen LogP contribution in [-0.4, -0.2) is 59.2 Å². The second-order valence-corrected chi connectivity index (χ2v) is 7.32. The third-order valence-corrected chi connectivity index (χ3v) is 5.27. The number of carbonyl (C=O) groups excluding carboxylic acids is 2. The molecule has 0 spiro atoms. The molecule has 0 atom stereocenters. The molecule has 1 fully saturated rings. The zero-order valence-corrected chi connectivity index (χ0v) is 16.1. The molecule has 1 amide bonds. The van der Waals surface area contributed by atoms with Gasteiger partial charge in [0.25, 0.3) is 5.91 Å². The molecule has 0 bridgehead atoms. The number of rotatable bonds is 4. The van der Waals surface area contributed by atoms with Gasteiger partial charge in [-0.3, -0.25) is 14.5 Å². The summed E-state index contributed by atoms with van der Waals surface area (Å²) in [5.74, 6) is 0.169. The number of H-pyrrole nitrogens is 1. The Kier molecular flexibility index (Phi) is 5.39. The summed E-state index contributed by atoms with van der Waals surface area (Å²) in [5.41, 5.74) is 3.38. The molecule has 1 aliphatic heterocycles. The maximum Gasteiger partial charge on any atom is 0.255 e. The van der Waals surface area contributed by atoms with E-state index in [1.165, 1.54) is 0 Å². The minimum atomic E-state index is 0.0376. The van der Waals surface area contributed by atoms with Crippen molar-refractivity contribution in [2.75, 3.05) is 32.7 Å². The number of aryl methyl sites for hydroxylation is 2. The first-order valence-electron chi connectivity index (χ1n) is 8.41. The molecule has 6 heteroatoms. The monoisotopic (exact) mass is 403 g/mol. The van der Waals surface area contributed by atoms with Gasteiger partial charge in [-0.25, -0.2) is 0 Å². The average molecular weight is 404 g/mol. The first-order chi connectivity index (χ1) is 12.0. The molecule has 1 aromatic carbocycles. The summed E-state index contributed by atoms with van der Waals surface area (Å²) in [6.07, 6.45) is 0. The summed E-state index contributed by atoms with van der Waals surface area (Å²) < 4.78 is 0.816. The Bertz CT molecular complexity index is 792. The fraction of sp³-hybridized carbons (Fsp3) is 0.368. The molecule has 0 unspecified atom stereocenters. The van der Waals surface area contributed by atoms with Gasteiger partial charge in [-0.2, -0.15) is 0 Å². The highest BCUT2D eigenvalue weighted by atomic mass is 79.9. The lowest BCUT2D eigenvalue weighted by Crippen LogP contribution is -2.50. The number of carbonyl (C=O) groups is 2. The summed E-state index contributed by atoms with van der Waals surface area (Å²) in [6, 6.07) is 9.39. The van der Waals surface area contributed by atoms with Gasteiger partial charge < -0.3 is 9.88 Å². The van der Waals surface area contributed by atoms with Crippen molar-refractivity contribution >= 4 is 27.6 Å². The topological polar surface area (TPSA) is 56.4 Å². The van der Waals surface area contributed by atoms with E-state index in [0.29, 0.717) is 38.3 Å². The van der Waals surface area contributed by atoms with E-state index < -0.39 is 0 Å². The van der Waals surface area contributed by atoms with E-state index in [2.05, 4.69) is 25.8 Å². The number of amides is 1. The van der Waals surface area contributed by atoms with E-state index in [0.717, 1.165) is 21.4 Å². The van der Waals surface area contributed by atoms with Crippen LogP contribution in [0.2, 0.25) is 0 Å². The summed E-state index contributed by atoms with van der Waals surface area (Å²) in [7, 11) is 0. The van der Waals surface area contributed by atoms with Gasteiger partial charge in [-0.1, -0.05) is 12.1 Å². The molecular formula is C19H22BrN3O2. The lowest BCUT2D eigenvalue weighted by Gasteiger charge is -2.34. The molecule has 1 aliphatic rings. The fourth-order valence-corrected chi connectivity index (χ4v) is 3.67. The molecule has 5 nitrogen and oxygen atoms in total. The normalized spacial score (nSPS) is 15.4. The predicted octanol–water partition coefficient (Wildman–Crippen LogP) is 3.03. The number of halogens is 1. The van der Waals surface area contributed by atoms with Gasteiger partial charge in [-0.15, -0.1) is 0 Å². The molecular weight excluding hydrogens is 382 g/mol. The summed E-state index contributed by atoms with van der Waals surface area (Å²) in [5, 5.41) is 0. The molecule has 2 aromatic rings. The summed E-state index contributed by atoms with van der Waals surface area (Å²) in [4.78, 5) is 32.3. The van der Waals surface area contributed by atoms with Gasteiger partial charge >= 0.3 is 0 Å². The Morgan fingerprint density at radius 3 is 2.36 bits per heavy atom. The Hall–Kier alpha value is -1.92. The van der Waals surface area contributed by atoms with Gasteiger partial charge in [0.05, 0.1) is 12.1 Å². The molecule has 0 radical (unpaired) electrons. The van der Waals surface area contributed by atoms with E-state index in [9.17, 15) is 9.59 Å². The number of ketones is 1. The minimum absolute atomic E-state index is 0.0376. The van der Waals surface area contributed by atoms with Crippen LogP contribution < -0.4 is 0 Å². The van der Waals surface area contributed by atoms with Crippen molar-refractivity contribution in [1.29, 1.82) is 0 Å². The number of aromatic amines is 1. The first-order valence-corrected chi connectivity index (χ1v) is 9.20. The molecule has 1 N–H and O–H groups in total. The maximum atomic E-state index is 12.6. The maximum absolute atomic E-state index is 12.6. The van der Waals surface area contributed by atoms with Gasteiger partial charge in [0.15, 0.2) is 5.78 Å². The molecule has 0 aliphatic carbocycles. The van der Waals surface area contributed by atoms with Crippen molar-refractivity contribution in [3.8, 4) is 0 Å². The lowest BCUT2D eigenvalue weighted by molar-refractivity contribution is 0.0623. The molecule has 0 saturated carbocycles. The molecule has 132 valence electrons. The molecule has 2 heterocycles. The third-order valence-electron chi connectivity index (χ3n) is 4.58. The smallest absolute Gasteiger partial charge is 0.255 e. The van der Waals surface area contributed by atoms with Crippen LogP contribution in [0.3, 0.4) is 0 Å². The Morgan fingerprint density at radius 1 is 1.08 bits per heavy atom. The number of aromatic nitrogens is 1. The van der Waals surface area contributed by atoms with Gasteiger partial charge in [0, 0.05) is 47.6 Å². The van der Waals surface area contributed by atoms with Crippen LogP contribution in [0.15, 0.2) is 34.8 Å². The quantitative estimate of drug-likeness (QED) is 0.798.